The van der Waals surface area contributed by atoms with Gasteiger partial charge in [-0.25, -0.2) is 4.39 Å². The minimum absolute atomic E-state index is 0.00942. The Kier molecular flexibility index (Phi) is 6.14. The third-order valence-corrected chi connectivity index (χ3v) is 4.19. The van der Waals surface area contributed by atoms with Crippen LogP contribution in [-0.4, -0.2) is 17.9 Å². The van der Waals surface area contributed by atoms with E-state index in [9.17, 15) is 14.0 Å². The number of halogens is 1. The van der Waals surface area contributed by atoms with Crippen LogP contribution in [0, 0.1) is 5.82 Å². The first kappa shape index (κ1) is 19.6. The largest absolute Gasteiger partial charge is 0.368 e. The summed E-state index contributed by atoms with van der Waals surface area (Å²) in [6.07, 6.45) is 0.305. The number of benzene rings is 2. The standard InChI is InChI=1S/C21H25FN2O2/c1-21(2,3)16-9-7-14(8-10-16)12-18(20(23)26)24-19(25)13-15-5-4-6-17(22)11-15/h4-11,18H,12-13H2,1-3H3,(H2,23,26)(H,24,25)/t18-/m1/s1. The molecule has 0 aromatic heterocycles. The van der Waals surface area contributed by atoms with Crippen molar-refractivity contribution >= 4 is 11.8 Å². The number of nitrogens with two attached hydrogens (primary N) is 1. The molecule has 0 fully saturated rings. The Morgan fingerprint density at radius 2 is 1.73 bits per heavy atom. The van der Waals surface area contributed by atoms with Gasteiger partial charge in [0.2, 0.25) is 11.8 Å². The van der Waals surface area contributed by atoms with Gasteiger partial charge in [-0.3, -0.25) is 9.59 Å². The fraction of sp³-hybridized carbons (Fsp3) is 0.333. The third-order valence-electron chi connectivity index (χ3n) is 4.19. The number of carbonyl (C=O) groups is 2. The highest BCUT2D eigenvalue weighted by Gasteiger charge is 2.19. The Bertz CT molecular complexity index is 779. The number of hydrogen-bond donors (Lipinski definition) is 2. The molecular formula is C21H25FN2O2. The molecule has 138 valence electrons. The van der Waals surface area contributed by atoms with E-state index >= 15 is 0 Å². The first-order chi connectivity index (χ1) is 12.1. The second kappa shape index (κ2) is 8.13. The molecular weight excluding hydrogens is 331 g/mol. The second-order valence-electron chi connectivity index (χ2n) is 7.48. The first-order valence-electron chi connectivity index (χ1n) is 8.57. The summed E-state index contributed by atoms with van der Waals surface area (Å²) in [6.45, 7) is 6.38. The van der Waals surface area contributed by atoms with Crippen molar-refractivity contribution in [1.29, 1.82) is 0 Å². The molecule has 0 aliphatic carbocycles. The smallest absolute Gasteiger partial charge is 0.240 e. The van der Waals surface area contributed by atoms with Gasteiger partial charge in [-0.15, -0.1) is 0 Å². The lowest BCUT2D eigenvalue weighted by atomic mass is 9.86. The lowest BCUT2D eigenvalue weighted by molar-refractivity contribution is -0.127. The van der Waals surface area contributed by atoms with E-state index in [1.807, 2.05) is 24.3 Å². The summed E-state index contributed by atoms with van der Waals surface area (Å²) in [5.41, 5.74) is 8.12. The minimum atomic E-state index is -0.809. The Balaban J connectivity index is 2.02. The minimum Gasteiger partial charge on any atom is -0.368 e. The molecule has 26 heavy (non-hydrogen) atoms. The van der Waals surface area contributed by atoms with E-state index in [4.69, 9.17) is 5.73 Å². The molecule has 0 spiro atoms. The van der Waals surface area contributed by atoms with E-state index < -0.39 is 17.8 Å². The maximum atomic E-state index is 13.2. The molecule has 0 aliphatic rings. The molecule has 0 bridgehead atoms. The van der Waals surface area contributed by atoms with Crippen LogP contribution in [0.1, 0.15) is 37.5 Å². The lowest BCUT2D eigenvalue weighted by Crippen LogP contribution is -2.46. The molecule has 0 aliphatic heterocycles. The number of amides is 2. The van der Waals surface area contributed by atoms with Crippen LogP contribution in [-0.2, 0) is 27.8 Å². The van der Waals surface area contributed by atoms with Crippen molar-refractivity contribution in [2.45, 2.75) is 45.1 Å². The zero-order valence-electron chi connectivity index (χ0n) is 15.4. The first-order valence-corrected chi connectivity index (χ1v) is 8.57. The predicted molar refractivity (Wildman–Crippen MR) is 100 cm³/mol. The molecule has 2 amide bonds. The third kappa shape index (κ3) is 5.69. The highest BCUT2D eigenvalue weighted by molar-refractivity contribution is 5.87. The van der Waals surface area contributed by atoms with Gasteiger partial charge in [0.25, 0.3) is 0 Å². The van der Waals surface area contributed by atoms with Gasteiger partial charge >= 0.3 is 0 Å². The van der Waals surface area contributed by atoms with E-state index in [0.717, 1.165) is 5.56 Å². The van der Waals surface area contributed by atoms with Crippen molar-refractivity contribution in [3.8, 4) is 0 Å². The number of primary amides is 1. The summed E-state index contributed by atoms with van der Waals surface area (Å²) in [5, 5.41) is 2.64. The van der Waals surface area contributed by atoms with Crippen LogP contribution in [0.2, 0.25) is 0 Å². The van der Waals surface area contributed by atoms with Crippen molar-refractivity contribution in [3.63, 3.8) is 0 Å². The monoisotopic (exact) mass is 356 g/mol. The van der Waals surface area contributed by atoms with Crippen LogP contribution in [0.3, 0.4) is 0 Å². The van der Waals surface area contributed by atoms with Crippen LogP contribution in [0.25, 0.3) is 0 Å². The number of nitrogens with one attached hydrogen (secondary N) is 1. The van der Waals surface area contributed by atoms with Crippen LogP contribution in [0.5, 0.6) is 0 Å². The van der Waals surface area contributed by atoms with Gasteiger partial charge in [0.15, 0.2) is 0 Å². The topological polar surface area (TPSA) is 72.2 Å². The predicted octanol–water partition coefficient (Wildman–Crippen LogP) is 2.88. The van der Waals surface area contributed by atoms with Crippen LogP contribution >= 0.6 is 0 Å². The normalized spacial score (nSPS) is 12.5. The Morgan fingerprint density at radius 1 is 1.08 bits per heavy atom. The highest BCUT2D eigenvalue weighted by Crippen LogP contribution is 2.22. The molecule has 0 saturated heterocycles. The Morgan fingerprint density at radius 3 is 2.27 bits per heavy atom. The van der Waals surface area contributed by atoms with E-state index in [0.29, 0.717) is 12.0 Å². The summed E-state index contributed by atoms with van der Waals surface area (Å²) >= 11 is 0. The number of rotatable bonds is 6. The van der Waals surface area contributed by atoms with Gasteiger partial charge < -0.3 is 11.1 Å². The molecule has 2 rings (SSSR count). The molecule has 4 nitrogen and oxygen atoms in total. The van der Waals surface area contributed by atoms with Gasteiger partial charge in [0.1, 0.15) is 11.9 Å². The van der Waals surface area contributed by atoms with Gasteiger partial charge in [-0.1, -0.05) is 57.2 Å². The summed E-state index contributed by atoms with van der Waals surface area (Å²) in [7, 11) is 0. The van der Waals surface area contributed by atoms with Gasteiger partial charge in [-0.05, 0) is 34.2 Å². The highest BCUT2D eigenvalue weighted by atomic mass is 19.1. The zero-order valence-corrected chi connectivity index (χ0v) is 15.4. The molecule has 2 aromatic carbocycles. The zero-order chi connectivity index (χ0) is 19.3. The average Bonchev–Trinajstić information content (AvgIpc) is 2.53. The Labute approximate surface area is 153 Å². The van der Waals surface area contributed by atoms with Crippen molar-refractivity contribution in [2.75, 3.05) is 0 Å². The summed E-state index contributed by atoms with van der Waals surface area (Å²) < 4.78 is 13.2. The quantitative estimate of drug-likeness (QED) is 0.835. The van der Waals surface area contributed by atoms with Gasteiger partial charge in [0.05, 0.1) is 6.42 Å². The molecule has 1 atom stereocenters. The molecule has 0 saturated carbocycles. The van der Waals surface area contributed by atoms with Gasteiger partial charge in [-0.2, -0.15) is 0 Å². The van der Waals surface area contributed by atoms with Crippen LogP contribution in [0.15, 0.2) is 48.5 Å². The van der Waals surface area contributed by atoms with Crippen LogP contribution < -0.4 is 11.1 Å². The van der Waals surface area contributed by atoms with E-state index in [2.05, 4.69) is 26.1 Å². The maximum absolute atomic E-state index is 13.2. The van der Waals surface area contributed by atoms with E-state index in [1.165, 1.54) is 17.7 Å². The van der Waals surface area contributed by atoms with E-state index in [-0.39, 0.29) is 17.7 Å². The summed E-state index contributed by atoms with van der Waals surface area (Å²) in [6, 6.07) is 12.9. The molecule has 0 unspecified atom stereocenters. The number of carbonyl (C=O) groups excluding carboxylic acids is 2. The van der Waals surface area contributed by atoms with Gasteiger partial charge in [0, 0.05) is 6.42 Å². The fourth-order valence-corrected chi connectivity index (χ4v) is 2.68. The Hall–Kier alpha value is -2.69. The maximum Gasteiger partial charge on any atom is 0.240 e. The summed E-state index contributed by atoms with van der Waals surface area (Å²) in [5.74, 6) is -1.37. The SMILES string of the molecule is CC(C)(C)c1ccc(C[C@@H](NC(=O)Cc2cccc(F)c2)C(N)=O)cc1. The van der Waals surface area contributed by atoms with E-state index in [1.54, 1.807) is 12.1 Å². The van der Waals surface area contributed by atoms with Crippen molar-refractivity contribution < 1.29 is 14.0 Å². The summed E-state index contributed by atoms with van der Waals surface area (Å²) in [4.78, 5) is 23.9. The second-order valence-corrected chi connectivity index (χ2v) is 7.48. The molecule has 0 radical (unpaired) electrons. The number of hydrogen-bond acceptors (Lipinski definition) is 2. The molecule has 3 N–H and O–H groups in total. The lowest BCUT2D eigenvalue weighted by Gasteiger charge is -2.20. The van der Waals surface area contributed by atoms with Crippen molar-refractivity contribution in [1.82, 2.24) is 5.32 Å². The average molecular weight is 356 g/mol. The van der Waals surface area contributed by atoms with Crippen molar-refractivity contribution in [2.24, 2.45) is 5.73 Å². The fourth-order valence-electron chi connectivity index (χ4n) is 2.68. The van der Waals surface area contributed by atoms with Crippen LogP contribution in [0.4, 0.5) is 4.39 Å². The van der Waals surface area contributed by atoms with Crippen molar-refractivity contribution in [3.05, 3.63) is 71.0 Å². The molecule has 5 heteroatoms. The molecule has 2 aromatic rings. The molecule has 0 heterocycles.